The highest BCUT2D eigenvalue weighted by atomic mass is 127. The highest BCUT2D eigenvalue weighted by Gasteiger charge is 2.00. The third-order valence-corrected chi connectivity index (χ3v) is 3.23. The first-order valence-electron chi connectivity index (χ1n) is 7.97. The van der Waals surface area contributed by atoms with Crippen LogP contribution in [0.25, 0.3) is 0 Å². The van der Waals surface area contributed by atoms with Crippen LogP contribution < -0.4 is 15.8 Å². The van der Waals surface area contributed by atoms with E-state index in [1.54, 1.807) is 7.11 Å². The second kappa shape index (κ2) is 10.9. The standard InChI is InChI=1S/C19H25N3O2.HI/c1-14(2)24-18-9-7-17(8-10-18)22-19(20)21-12-15-5-4-6-16(11-15)13-23-3;/h4-11,14H,12-13H2,1-3H3,(H3,20,21,22);1H. The van der Waals surface area contributed by atoms with Gasteiger partial charge in [-0.3, -0.25) is 0 Å². The first-order chi connectivity index (χ1) is 11.6. The summed E-state index contributed by atoms with van der Waals surface area (Å²) in [6, 6.07) is 15.8. The third-order valence-electron chi connectivity index (χ3n) is 3.23. The van der Waals surface area contributed by atoms with Gasteiger partial charge in [0.1, 0.15) is 5.75 Å². The van der Waals surface area contributed by atoms with Crippen molar-refractivity contribution in [3.8, 4) is 5.75 Å². The van der Waals surface area contributed by atoms with E-state index in [9.17, 15) is 0 Å². The van der Waals surface area contributed by atoms with Gasteiger partial charge in [0.05, 0.1) is 19.3 Å². The van der Waals surface area contributed by atoms with E-state index in [1.165, 1.54) is 0 Å². The van der Waals surface area contributed by atoms with Gasteiger partial charge in [-0.05, 0) is 49.2 Å². The number of guanidine groups is 1. The van der Waals surface area contributed by atoms with E-state index in [1.807, 2.05) is 56.3 Å². The summed E-state index contributed by atoms with van der Waals surface area (Å²) in [5, 5.41) is 3.08. The molecule has 2 aromatic rings. The Bertz CT molecular complexity index is 673. The number of hydrogen-bond donors (Lipinski definition) is 2. The fourth-order valence-electron chi connectivity index (χ4n) is 2.24. The van der Waals surface area contributed by atoms with Gasteiger partial charge in [0.2, 0.25) is 0 Å². The van der Waals surface area contributed by atoms with Crippen LogP contribution in [0.5, 0.6) is 5.75 Å². The zero-order valence-corrected chi connectivity index (χ0v) is 17.2. The first-order valence-corrected chi connectivity index (χ1v) is 7.97. The summed E-state index contributed by atoms with van der Waals surface area (Å²) in [4.78, 5) is 4.37. The minimum atomic E-state index is 0. The van der Waals surface area contributed by atoms with Gasteiger partial charge in [-0.25, -0.2) is 4.99 Å². The fourth-order valence-corrected chi connectivity index (χ4v) is 2.24. The summed E-state index contributed by atoms with van der Waals surface area (Å²) in [5.41, 5.74) is 9.04. The Morgan fingerprint density at radius 1 is 1.12 bits per heavy atom. The molecule has 6 heteroatoms. The second-order valence-electron chi connectivity index (χ2n) is 5.77. The second-order valence-corrected chi connectivity index (χ2v) is 5.77. The van der Waals surface area contributed by atoms with E-state index in [2.05, 4.69) is 16.4 Å². The van der Waals surface area contributed by atoms with Crippen LogP contribution in [0.2, 0.25) is 0 Å². The molecule has 0 atom stereocenters. The molecule has 0 bridgehead atoms. The van der Waals surface area contributed by atoms with Gasteiger partial charge in [-0.2, -0.15) is 0 Å². The molecule has 2 aromatic carbocycles. The van der Waals surface area contributed by atoms with Crippen molar-refractivity contribution in [1.29, 1.82) is 0 Å². The number of nitrogens with one attached hydrogen (secondary N) is 1. The average Bonchev–Trinajstić information content (AvgIpc) is 2.55. The molecule has 3 N–H and O–H groups in total. The van der Waals surface area contributed by atoms with E-state index in [-0.39, 0.29) is 30.1 Å². The average molecular weight is 455 g/mol. The molecule has 0 aliphatic heterocycles. The number of halogens is 1. The minimum Gasteiger partial charge on any atom is -0.491 e. The van der Waals surface area contributed by atoms with Gasteiger partial charge in [0.25, 0.3) is 0 Å². The molecule has 0 aliphatic carbocycles. The minimum absolute atomic E-state index is 0. The predicted molar refractivity (Wildman–Crippen MR) is 114 cm³/mol. The van der Waals surface area contributed by atoms with Crippen molar-refractivity contribution in [3.63, 3.8) is 0 Å². The number of rotatable bonds is 7. The van der Waals surface area contributed by atoms with Crippen LogP contribution in [0.1, 0.15) is 25.0 Å². The van der Waals surface area contributed by atoms with Crippen LogP contribution in [-0.4, -0.2) is 19.2 Å². The van der Waals surface area contributed by atoms with E-state index < -0.39 is 0 Å². The number of anilines is 1. The molecule has 136 valence electrons. The maximum absolute atomic E-state index is 5.95. The topological polar surface area (TPSA) is 68.9 Å². The summed E-state index contributed by atoms with van der Waals surface area (Å²) < 4.78 is 10.7. The number of benzene rings is 2. The van der Waals surface area contributed by atoms with E-state index in [4.69, 9.17) is 15.2 Å². The molecule has 0 spiro atoms. The SMILES string of the molecule is COCc1cccc(CN=C(N)Nc2ccc(OC(C)C)cc2)c1.I. The lowest BCUT2D eigenvalue weighted by atomic mass is 10.1. The smallest absolute Gasteiger partial charge is 0.193 e. The van der Waals surface area contributed by atoms with Gasteiger partial charge in [-0.15, -0.1) is 24.0 Å². The van der Waals surface area contributed by atoms with Gasteiger partial charge >= 0.3 is 0 Å². The molecule has 0 fully saturated rings. The number of nitrogens with two attached hydrogens (primary N) is 1. The summed E-state index contributed by atoms with van der Waals surface area (Å²) in [7, 11) is 1.68. The van der Waals surface area contributed by atoms with Gasteiger partial charge in [0, 0.05) is 12.8 Å². The van der Waals surface area contributed by atoms with Crippen molar-refractivity contribution < 1.29 is 9.47 Å². The molecule has 0 saturated carbocycles. The Morgan fingerprint density at radius 2 is 1.80 bits per heavy atom. The molecular formula is C19H26IN3O2. The highest BCUT2D eigenvalue weighted by molar-refractivity contribution is 14.0. The fraction of sp³-hybridized carbons (Fsp3) is 0.316. The Morgan fingerprint density at radius 3 is 2.44 bits per heavy atom. The maximum Gasteiger partial charge on any atom is 0.193 e. The van der Waals surface area contributed by atoms with Crippen LogP contribution in [0.15, 0.2) is 53.5 Å². The molecule has 2 rings (SSSR count). The molecule has 0 saturated heterocycles. The van der Waals surface area contributed by atoms with E-state index in [0.29, 0.717) is 19.1 Å². The summed E-state index contributed by atoms with van der Waals surface area (Å²) in [6.45, 7) is 5.11. The first kappa shape index (κ1) is 21.2. The zero-order valence-electron chi connectivity index (χ0n) is 14.9. The molecule has 0 amide bonds. The van der Waals surface area contributed by atoms with Gasteiger partial charge < -0.3 is 20.5 Å². The predicted octanol–water partition coefficient (Wildman–Crippen LogP) is 4.17. The number of nitrogens with zero attached hydrogens (tertiary/aromatic N) is 1. The van der Waals surface area contributed by atoms with E-state index in [0.717, 1.165) is 22.6 Å². The van der Waals surface area contributed by atoms with Crippen LogP contribution in [0.4, 0.5) is 5.69 Å². The monoisotopic (exact) mass is 455 g/mol. The Kier molecular flexibility index (Phi) is 9.30. The lowest BCUT2D eigenvalue weighted by Gasteiger charge is -2.11. The lowest BCUT2D eigenvalue weighted by molar-refractivity contribution is 0.185. The van der Waals surface area contributed by atoms with Crippen molar-refractivity contribution in [2.45, 2.75) is 33.1 Å². The quantitative estimate of drug-likeness (QED) is 0.374. The number of ether oxygens (including phenoxy) is 2. The Balaban J connectivity index is 0.00000312. The summed E-state index contributed by atoms with van der Waals surface area (Å²) >= 11 is 0. The van der Waals surface area contributed by atoms with Crippen LogP contribution in [0, 0.1) is 0 Å². The molecule has 0 aromatic heterocycles. The highest BCUT2D eigenvalue weighted by Crippen LogP contribution is 2.16. The van der Waals surface area contributed by atoms with Crippen LogP contribution in [-0.2, 0) is 17.9 Å². The van der Waals surface area contributed by atoms with Crippen molar-refractivity contribution in [2.75, 3.05) is 12.4 Å². The van der Waals surface area contributed by atoms with Gasteiger partial charge in [-0.1, -0.05) is 24.3 Å². The number of methoxy groups -OCH3 is 1. The summed E-state index contributed by atoms with van der Waals surface area (Å²) in [5.74, 6) is 1.21. The van der Waals surface area contributed by atoms with Crippen molar-refractivity contribution in [2.24, 2.45) is 10.7 Å². The van der Waals surface area contributed by atoms with E-state index >= 15 is 0 Å². The third kappa shape index (κ3) is 7.74. The summed E-state index contributed by atoms with van der Waals surface area (Å²) in [6.07, 6.45) is 0.157. The maximum atomic E-state index is 5.95. The number of hydrogen-bond acceptors (Lipinski definition) is 3. The van der Waals surface area contributed by atoms with Crippen molar-refractivity contribution in [1.82, 2.24) is 0 Å². The Hall–Kier alpha value is -1.80. The molecular weight excluding hydrogens is 429 g/mol. The lowest BCUT2D eigenvalue weighted by Crippen LogP contribution is -2.22. The molecule has 25 heavy (non-hydrogen) atoms. The van der Waals surface area contributed by atoms with Gasteiger partial charge in [0.15, 0.2) is 5.96 Å². The number of aliphatic imine (C=N–C) groups is 1. The zero-order chi connectivity index (χ0) is 17.4. The molecule has 5 nitrogen and oxygen atoms in total. The van der Waals surface area contributed by atoms with Crippen LogP contribution in [0.3, 0.4) is 0 Å². The molecule has 0 heterocycles. The van der Waals surface area contributed by atoms with Crippen molar-refractivity contribution >= 4 is 35.6 Å². The normalized spacial score (nSPS) is 11.1. The molecule has 0 aliphatic rings. The molecule has 0 unspecified atom stereocenters. The Labute approximate surface area is 166 Å². The molecule has 0 radical (unpaired) electrons. The van der Waals surface area contributed by atoms with Crippen molar-refractivity contribution in [3.05, 3.63) is 59.7 Å². The van der Waals surface area contributed by atoms with Crippen LogP contribution >= 0.6 is 24.0 Å². The largest absolute Gasteiger partial charge is 0.491 e.